The van der Waals surface area contributed by atoms with Gasteiger partial charge in [0.1, 0.15) is 5.56 Å². The fourth-order valence-corrected chi connectivity index (χ4v) is 1.70. The van der Waals surface area contributed by atoms with Crippen LogP contribution < -0.4 is 10.1 Å². The number of hydrogen-bond acceptors (Lipinski definition) is 4. The molecule has 2 rings (SSSR count). The zero-order chi connectivity index (χ0) is 15.5. The van der Waals surface area contributed by atoms with Crippen molar-refractivity contribution in [2.75, 3.05) is 11.9 Å². The second kappa shape index (κ2) is 5.99. The van der Waals surface area contributed by atoms with Gasteiger partial charge in [0.05, 0.1) is 6.61 Å². The Kier molecular flexibility index (Phi) is 4.30. The number of benzene rings is 1. The Bertz CT molecular complexity index is 629. The number of alkyl halides is 3. The first kappa shape index (κ1) is 15.1. The van der Waals surface area contributed by atoms with Crippen molar-refractivity contribution in [3.8, 4) is 5.88 Å². The van der Waals surface area contributed by atoms with E-state index < -0.39 is 17.6 Å². The minimum Gasteiger partial charge on any atom is -0.477 e. The third-order valence-corrected chi connectivity index (χ3v) is 2.73. The summed E-state index contributed by atoms with van der Waals surface area (Å²) in [6.07, 6.45) is -3.83. The fraction of sp³-hybridized carbons (Fsp3) is 0.286. The van der Waals surface area contributed by atoms with Crippen LogP contribution in [-0.2, 0) is 6.18 Å². The summed E-state index contributed by atoms with van der Waals surface area (Å²) in [4.78, 5) is 7.50. The zero-order valence-electron chi connectivity index (χ0n) is 11.5. The second-order valence-corrected chi connectivity index (χ2v) is 4.28. The maximum atomic E-state index is 12.8. The predicted molar refractivity (Wildman–Crippen MR) is 72.7 cm³/mol. The number of hydrogen-bond donors (Lipinski definition) is 1. The van der Waals surface area contributed by atoms with E-state index in [1.165, 1.54) is 0 Å². The first-order chi connectivity index (χ1) is 9.91. The van der Waals surface area contributed by atoms with Crippen molar-refractivity contribution in [1.29, 1.82) is 0 Å². The van der Waals surface area contributed by atoms with Gasteiger partial charge in [-0.2, -0.15) is 18.2 Å². The molecule has 1 aromatic heterocycles. The van der Waals surface area contributed by atoms with Crippen molar-refractivity contribution in [1.82, 2.24) is 9.97 Å². The van der Waals surface area contributed by atoms with Gasteiger partial charge in [0, 0.05) is 11.9 Å². The van der Waals surface area contributed by atoms with Crippen LogP contribution in [0.25, 0.3) is 0 Å². The van der Waals surface area contributed by atoms with E-state index in [4.69, 9.17) is 4.74 Å². The Morgan fingerprint density at radius 1 is 1.24 bits per heavy atom. The molecule has 0 bridgehead atoms. The van der Waals surface area contributed by atoms with Crippen molar-refractivity contribution < 1.29 is 17.9 Å². The van der Waals surface area contributed by atoms with Crippen LogP contribution in [0.4, 0.5) is 24.8 Å². The molecule has 0 aliphatic carbocycles. The topological polar surface area (TPSA) is 47.0 Å². The molecule has 1 heterocycles. The molecule has 1 aromatic carbocycles. The summed E-state index contributed by atoms with van der Waals surface area (Å²) in [5.74, 6) is -0.420. The van der Waals surface area contributed by atoms with Crippen LogP contribution in [0.15, 0.2) is 30.5 Å². The van der Waals surface area contributed by atoms with Gasteiger partial charge in [0.2, 0.25) is 11.8 Å². The maximum absolute atomic E-state index is 12.8. The molecular formula is C14H14F3N3O. The van der Waals surface area contributed by atoms with Crippen LogP contribution in [0.3, 0.4) is 0 Å². The molecule has 0 radical (unpaired) electrons. The average molecular weight is 297 g/mol. The van der Waals surface area contributed by atoms with Gasteiger partial charge in [0.15, 0.2) is 0 Å². The first-order valence-electron chi connectivity index (χ1n) is 6.31. The lowest BCUT2D eigenvalue weighted by Crippen LogP contribution is -2.12. The van der Waals surface area contributed by atoms with E-state index in [1.54, 1.807) is 13.0 Å². The molecule has 0 saturated carbocycles. The number of aromatic nitrogens is 2. The number of para-hydroxylation sites is 1. The van der Waals surface area contributed by atoms with Gasteiger partial charge in [-0.3, -0.25) is 0 Å². The van der Waals surface area contributed by atoms with Crippen LogP contribution in [0.2, 0.25) is 0 Å². The SMILES string of the molecule is CCOc1nc(Nc2ccccc2C)ncc1C(F)(F)F. The van der Waals surface area contributed by atoms with Gasteiger partial charge >= 0.3 is 6.18 Å². The highest BCUT2D eigenvalue weighted by atomic mass is 19.4. The molecular weight excluding hydrogens is 283 g/mol. The number of ether oxygens (including phenoxy) is 1. The third-order valence-electron chi connectivity index (χ3n) is 2.73. The largest absolute Gasteiger partial charge is 0.477 e. The van der Waals surface area contributed by atoms with Crippen molar-refractivity contribution in [3.05, 3.63) is 41.6 Å². The first-order valence-corrected chi connectivity index (χ1v) is 6.31. The van der Waals surface area contributed by atoms with Gasteiger partial charge < -0.3 is 10.1 Å². The van der Waals surface area contributed by atoms with Crippen LogP contribution in [-0.4, -0.2) is 16.6 Å². The molecule has 7 heteroatoms. The number of halogens is 3. The van der Waals surface area contributed by atoms with Crippen LogP contribution in [0, 0.1) is 6.92 Å². The molecule has 21 heavy (non-hydrogen) atoms. The minimum absolute atomic E-state index is 0.0563. The Labute approximate surface area is 120 Å². The van der Waals surface area contributed by atoms with Gasteiger partial charge in [0.25, 0.3) is 0 Å². The van der Waals surface area contributed by atoms with Crippen LogP contribution in [0.1, 0.15) is 18.1 Å². The minimum atomic E-state index is -4.55. The molecule has 0 fully saturated rings. The number of nitrogens with zero attached hydrogens (tertiary/aromatic N) is 2. The second-order valence-electron chi connectivity index (χ2n) is 4.28. The summed E-state index contributed by atoms with van der Waals surface area (Å²) in [7, 11) is 0. The average Bonchev–Trinajstić information content (AvgIpc) is 2.41. The van der Waals surface area contributed by atoms with E-state index >= 15 is 0 Å². The van der Waals surface area contributed by atoms with Crippen LogP contribution >= 0.6 is 0 Å². The van der Waals surface area contributed by atoms with E-state index in [0.717, 1.165) is 17.4 Å². The Hall–Kier alpha value is -2.31. The Balaban J connectivity index is 2.34. The van der Waals surface area contributed by atoms with Crippen molar-refractivity contribution in [3.63, 3.8) is 0 Å². The lowest BCUT2D eigenvalue weighted by atomic mass is 10.2. The molecule has 0 atom stereocenters. The van der Waals surface area contributed by atoms with E-state index in [9.17, 15) is 13.2 Å². The monoisotopic (exact) mass is 297 g/mol. The summed E-state index contributed by atoms with van der Waals surface area (Å²) in [6, 6.07) is 7.33. The van der Waals surface area contributed by atoms with Gasteiger partial charge in [-0.25, -0.2) is 4.98 Å². The Morgan fingerprint density at radius 3 is 2.57 bits per heavy atom. The van der Waals surface area contributed by atoms with E-state index in [-0.39, 0.29) is 12.6 Å². The molecule has 0 aliphatic rings. The smallest absolute Gasteiger partial charge is 0.423 e. The van der Waals surface area contributed by atoms with E-state index in [2.05, 4.69) is 15.3 Å². The van der Waals surface area contributed by atoms with Gasteiger partial charge in [-0.05, 0) is 25.5 Å². The zero-order valence-corrected chi connectivity index (χ0v) is 11.5. The summed E-state index contributed by atoms with van der Waals surface area (Å²) in [5.41, 5.74) is 0.665. The molecule has 0 unspecified atom stereocenters. The number of anilines is 2. The lowest BCUT2D eigenvalue weighted by molar-refractivity contribution is -0.139. The summed E-state index contributed by atoms with van der Waals surface area (Å²) in [5, 5.41) is 2.88. The maximum Gasteiger partial charge on any atom is 0.423 e. The molecule has 0 spiro atoms. The third kappa shape index (κ3) is 3.62. The highest BCUT2D eigenvalue weighted by Crippen LogP contribution is 2.35. The van der Waals surface area contributed by atoms with Crippen molar-refractivity contribution in [2.45, 2.75) is 20.0 Å². The molecule has 0 aliphatic heterocycles. The molecule has 1 N–H and O–H groups in total. The molecule has 0 amide bonds. The normalized spacial score (nSPS) is 11.3. The summed E-state index contributed by atoms with van der Waals surface area (Å²) >= 11 is 0. The highest BCUT2D eigenvalue weighted by Gasteiger charge is 2.36. The summed E-state index contributed by atoms with van der Waals surface area (Å²) < 4.78 is 43.4. The van der Waals surface area contributed by atoms with Gasteiger partial charge in [-0.1, -0.05) is 18.2 Å². The van der Waals surface area contributed by atoms with Crippen molar-refractivity contribution >= 4 is 11.6 Å². The van der Waals surface area contributed by atoms with Crippen molar-refractivity contribution in [2.24, 2.45) is 0 Å². The quantitative estimate of drug-likeness (QED) is 0.928. The van der Waals surface area contributed by atoms with E-state index in [0.29, 0.717) is 0 Å². The number of rotatable bonds is 4. The fourth-order valence-electron chi connectivity index (χ4n) is 1.70. The van der Waals surface area contributed by atoms with Gasteiger partial charge in [-0.15, -0.1) is 0 Å². The summed E-state index contributed by atoms with van der Waals surface area (Å²) in [6.45, 7) is 3.55. The molecule has 4 nitrogen and oxygen atoms in total. The lowest BCUT2D eigenvalue weighted by Gasteiger charge is -2.13. The molecule has 2 aromatic rings. The molecule has 0 saturated heterocycles. The number of aryl methyl sites for hydroxylation is 1. The van der Waals surface area contributed by atoms with Crippen LogP contribution in [0.5, 0.6) is 5.88 Å². The molecule has 112 valence electrons. The van der Waals surface area contributed by atoms with E-state index in [1.807, 2.05) is 25.1 Å². The predicted octanol–water partition coefficient (Wildman–Crippen LogP) is 3.95. The number of nitrogens with one attached hydrogen (secondary N) is 1. The standard InChI is InChI=1S/C14H14F3N3O/c1-3-21-12-10(14(15,16)17)8-18-13(20-12)19-11-7-5-4-6-9(11)2/h4-8H,3H2,1-2H3,(H,18,19,20). The Morgan fingerprint density at radius 2 is 1.95 bits per heavy atom. The highest BCUT2D eigenvalue weighted by molar-refractivity contribution is 5.58.